The van der Waals surface area contributed by atoms with Crippen molar-refractivity contribution in [1.29, 1.82) is 0 Å². The van der Waals surface area contributed by atoms with Gasteiger partial charge in [0.2, 0.25) is 0 Å². The normalized spacial score (nSPS) is 24.4. The first-order valence-electron chi connectivity index (χ1n) is 6.14. The molecular formula is C13H21N3. The fraction of sp³-hybridized carbons (Fsp3) is 0.615. The minimum atomic E-state index is 0.841. The number of hydrogen-bond donors (Lipinski definition) is 2. The molecule has 0 aromatic carbocycles. The van der Waals surface area contributed by atoms with E-state index in [2.05, 4.69) is 28.6 Å². The monoisotopic (exact) mass is 219 g/mol. The van der Waals surface area contributed by atoms with Crippen LogP contribution < -0.4 is 10.6 Å². The average Bonchev–Trinajstić information content (AvgIpc) is 2.73. The highest BCUT2D eigenvalue weighted by Crippen LogP contribution is 2.30. The Hall–Kier alpha value is -1.25. The molecule has 1 fully saturated rings. The van der Waals surface area contributed by atoms with Gasteiger partial charge < -0.3 is 10.6 Å². The van der Waals surface area contributed by atoms with Gasteiger partial charge in [0.1, 0.15) is 0 Å². The van der Waals surface area contributed by atoms with E-state index < -0.39 is 0 Å². The van der Waals surface area contributed by atoms with Crippen molar-refractivity contribution < 1.29 is 0 Å². The molecule has 1 aliphatic carbocycles. The molecule has 88 valence electrons. The molecule has 0 amide bonds. The third-order valence-electron chi connectivity index (χ3n) is 3.43. The zero-order chi connectivity index (χ0) is 11.4. The molecule has 1 aliphatic rings. The minimum absolute atomic E-state index is 0.841. The van der Waals surface area contributed by atoms with Crippen LogP contribution in [0.3, 0.4) is 0 Å². The summed E-state index contributed by atoms with van der Waals surface area (Å²) in [6, 6.07) is 2.10. The zero-order valence-corrected chi connectivity index (χ0v) is 10.2. The molecule has 2 unspecified atom stereocenters. The molecule has 0 bridgehead atoms. The van der Waals surface area contributed by atoms with Gasteiger partial charge in [0, 0.05) is 13.6 Å². The number of rotatable bonds is 4. The van der Waals surface area contributed by atoms with Crippen LogP contribution in [0.15, 0.2) is 18.5 Å². The van der Waals surface area contributed by atoms with Crippen LogP contribution in [0, 0.1) is 11.8 Å². The molecule has 2 N–H and O–H groups in total. The molecule has 3 nitrogen and oxygen atoms in total. The molecule has 0 spiro atoms. The van der Waals surface area contributed by atoms with Crippen LogP contribution in [-0.2, 0) is 0 Å². The van der Waals surface area contributed by atoms with Gasteiger partial charge >= 0.3 is 0 Å². The summed E-state index contributed by atoms with van der Waals surface area (Å²) in [7, 11) is 1.92. The number of pyridine rings is 1. The Morgan fingerprint density at radius 1 is 1.31 bits per heavy atom. The van der Waals surface area contributed by atoms with E-state index in [0.717, 1.165) is 29.8 Å². The van der Waals surface area contributed by atoms with Crippen molar-refractivity contribution in [3.63, 3.8) is 0 Å². The summed E-state index contributed by atoms with van der Waals surface area (Å²) in [5.74, 6) is 1.75. The largest absolute Gasteiger partial charge is 0.387 e. The first-order valence-corrected chi connectivity index (χ1v) is 6.14. The summed E-state index contributed by atoms with van der Waals surface area (Å²) < 4.78 is 0. The fourth-order valence-corrected chi connectivity index (χ4v) is 2.45. The molecule has 1 aromatic rings. The van der Waals surface area contributed by atoms with Gasteiger partial charge in [0.05, 0.1) is 23.8 Å². The molecule has 0 aliphatic heterocycles. The lowest BCUT2D eigenvalue weighted by Gasteiger charge is -2.12. The maximum atomic E-state index is 4.19. The van der Waals surface area contributed by atoms with Gasteiger partial charge in [-0.05, 0) is 30.7 Å². The Kier molecular flexibility index (Phi) is 3.65. The van der Waals surface area contributed by atoms with Crippen LogP contribution in [0.2, 0.25) is 0 Å². The molecule has 0 radical (unpaired) electrons. The van der Waals surface area contributed by atoms with Crippen LogP contribution in [0.5, 0.6) is 0 Å². The molecule has 1 saturated carbocycles. The van der Waals surface area contributed by atoms with Gasteiger partial charge in [-0.15, -0.1) is 0 Å². The fourth-order valence-electron chi connectivity index (χ4n) is 2.45. The van der Waals surface area contributed by atoms with E-state index in [1.165, 1.54) is 19.3 Å². The van der Waals surface area contributed by atoms with Crippen molar-refractivity contribution in [1.82, 2.24) is 4.98 Å². The van der Waals surface area contributed by atoms with E-state index in [9.17, 15) is 0 Å². The topological polar surface area (TPSA) is 37.0 Å². The van der Waals surface area contributed by atoms with E-state index >= 15 is 0 Å². The maximum absolute atomic E-state index is 4.19. The van der Waals surface area contributed by atoms with Crippen molar-refractivity contribution in [2.24, 2.45) is 11.8 Å². The van der Waals surface area contributed by atoms with Crippen LogP contribution in [-0.4, -0.2) is 18.6 Å². The maximum Gasteiger partial charge on any atom is 0.0547 e. The number of nitrogens with one attached hydrogen (secondary N) is 2. The van der Waals surface area contributed by atoms with Crippen LogP contribution >= 0.6 is 0 Å². The van der Waals surface area contributed by atoms with Crippen LogP contribution in [0.1, 0.15) is 26.2 Å². The summed E-state index contributed by atoms with van der Waals surface area (Å²) in [4.78, 5) is 4.19. The molecule has 1 heterocycles. The summed E-state index contributed by atoms with van der Waals surface area (Å²) in [5.41, 5.74) is 2.18. The van der Waals surface area contributed by atoms with E-state index in [1.54, 1.807) is 0 Å². The van der Waals surface area contributed by atoms with E-state index in [-0.39, 0.29) is 0 Å². The van der Waals surface area contributed by atoms with Crippen molar-refractivity contribution in [2.45, 2.75) is 26.2 Å². The Labute approximate surface area is 97.7 Å². The lowest BCUT2D eigenvalue weighted by atomic mass is 10.1. The molecule has 1 aromatic heterocycles. The van der Waals surface area contributed by atoms with Gasteiger partial charge in [-0.2, -0.15) is 0 Å². The Morgan fingerprint density at radius 3 is 2.81 bits per heavy atom. The van der Waals surface area contributed by atoms with Gasteiger partial charge in [0.15, 0.2) is 0 Å². The molecule has 2 atom stereocenters. The summed E-state index contributed by atoms with van der Waals surface area (Å²) in [5, 5.41) is 6.58. The zero-order valence-electron chi connectivity index (χ0n) is 10.2. The predicted octanol–water partition coefficient (Wildman–Crippen LogP) is 2.97. The summed E-state index contributed by atoms with van der Waals surface area (Å²) in [6.07, 6.45) is 7.85. The van der Waals surface area contributed by atoms with Crippen molar-refractivity contribution >= 4 is 11.4 Å². The van der Waals surface area contributed by atoms with Gasteiger partial charge in [-0.1, -0.05) is 13.3 Å². The van der Waals surface area contributed by atoms with Crippen LogP contribution in [0.25, 0.3) is 0 Å². The standard InChI is InChI=1S/C13H21N3/c1-10-3-4-11(5-10)7-16-13-6-12(14-2)8-15-9-13/h6,8-11,14,16H,3-5,7H2,1-2H3. The summed E-state index contributed by atoms with van der Waals surface area (Å²) >= 11 is 0. The van der Waals surface area contributed by atoms with Gasteiger partial charge in [0.25, 0.3) is 0 Å². The Morgan fingerprint density at radius 2 is 2.12 bits per heavy atom. The molecule has 2 rings (SSSR count). The van der Waals surface area contributed by atoms with Gasteiger partial charge in [-0.25, -0.2) is 0 Å². The lowest BCUT2D eigenvalue weighted by Crippen LogP contribution is -2.11. The highest BCUT2D eigenvalue weighted by molar-refractivity contribution is 5.53. The second kappa shape index (κ2) is 5.19. The number of hydrogen-bond acceptors (Lipinski definition) is 3. The third kappa shape index (κ3) is 2.87. The average molecular weight is 219 g/mol. The lowest BCUT2D eigenvalue weighted by molar-refractivity contribution is 0.537. The quantitative estimate of drug-likeness (QED) is 0.817. The Bertz CT molecular complexity index is 338. The van der Waals surface area contributed by atoms with E-state index in [0.29, 0.717) is 0 Å². The Balaban J connectivity index is 1.84. The first-order chi connectivity index (χ1) is 7.78. The second-order valence-electron chi connectivity index (χ2n) is 4.88. The van der Waals surface area contributed by atoms with Crippen molar-refractivity contribution in [3.05, 3.63) is 18.5 Å². The highest BCUT2D eigenvalue weighted by Gasteiger charge is 2.20. The predicted molar refractivity (Wildman–Crippen MR) is 68.8 cm³/mol. The second-order valence-corrected chi connectivity index (χ2v) is 4.88. The molecular weight excluding hydrogens is 198 g/mol. The number of nitrogens with zero attached hydrogens (tertiary/aromatic N) is 1. The first kappa shape index (κ1) is 11.2. The van der Waals surface area contributed by atoms with Crippen LogP contribution in [0.4, 0.5) is 11.4 Å². The molecule has 16 heavy (non-hydrogen) atoms. The van der Waals surface area contributed by atoms with Crippen molar-refractivity contribution in [3.8, 4) is 0 Å². The highest BCUT2D eigenvalue weighted by atomic mass is 14.9. The van der Waals surface area contributed by atoms with E-state index in [1.807, 2.05) is 19.4 Å². The molecule has 3 heteroatoms. The summed E-state index contributed by atoms with van der Waals surface area (Å²) in [6.45, 7) is 3.43. The number of anilines is 2. The minimum Gasteiger partial charge on any atom is -0.387 e. The third-order valence-corrected chi connectivity index (χ3v) is 3.43. The SMILES string of the molecule is CNc1cncc(NCC2CCC(C)C2)c1. The smallest absolute Gasteiger partial charge is 0.0547 e. The van der Waals surface area contributed by atoms with Gasteiger partial charge in [-0.3, -0.25) is 4.98 Å². The van der Waals surface area contributed by atoms with Crippen molar-refractivity contribution in [2.75, 3.05) is 24.2 Å². The molecule has 0 saturated heterocycles. The van der Waals surface area contributed by atoms with E-state index in [4.69, 9.17) is 0 Å². The number of aromatic nitrogens is 1.